The summed E-state index contributed by atoms with van der Waals surface area (Å²) in [5.74, 6) is 0.507. The summed E-state index contributed by atoms with van der Waals surface area (Å²) in [7, 11) is 0. The average Bonchev–Trinajstić information content (AvgIpc) is 2.87. The summed E-state index contributed by atoms with van der Waals surface area (Å²) >= 11 is 0. The molecule has 0 saturated carbocycles. The minimum absolute atomic E-state index is 0.0888. The van der Waals surface area contributed by atoms with Crippen LogP contribution in [0.5, 0.6) is 5.75 Å². The first kappa shape index (κ1) is 20.0. The van der Waals surface area contributed by atoms with Crippen LogP contribution in [0.2, 0.25) is 0 Å². The smallest absolute Gasteiger partial charge is 0.410 e. The molecule has 144 valence electrons. The third-order valence-electron chi connectivity index (χ3n) is 3.98. The predicted octanol–water partition coefficient (Wildman–Crippen LogP) is 2.24. The van der Waals surface area contributed by atoms with E-state index in [9.17, 15) is 14.7 Å². The van der Waals surface area contributed by atoms with Gasteiger partial charge in [-0.25, -0.2) is 4.79 Å². The van der Waals surface area contributed by atoms with Crippen LogP contribution in [0.25, 0.3) is 0 Å². The van der Waals surface area contributed by atoms with Gasteiger partial charge in [0.2, 0.25) is 5.91 Å². The molecule has 0 spiro atoms. The van der Waals surface area contributed by atoms with Gasteiger partial charge in [-0.3, -0.25) is 4.79 Å². The standard InChI is InChI=1S/C19H28N2O5/c1-12(20-13(2)22)14-6-8-15(9-7-14)25-17-11-21(10-16(17)23)18(24)26-19(3,4)5/h6-9,12,16-17,23H,10-11H2,1-5H3,(H,20,22)/t12-,16+,17+/m0/s1. The van der Waals surface area contributed by atoms with Gasteiger partial charge in [0.15, 0.2) is 0 Å². The van der Waals surface area contributed by atoms with Crippen LogP contribution in [0.1, 0.15) is 46.2 Å². The molecule has 0 unspecified atom stereocenters. The lowest BCUT2D eigenvalue weighted by atomic mass is 10.1. The molecule has 26 heavy (non-hydrogen) atoms. The summed E-state index contributed by atoms with van der Waals surface area (Å²) in [4.78, 5) is 24.7. The highest BCUT2D eigenvalue weighted by atomic mass is 16.6. The fourth-order valence-corrected chi connectivity index (χ4v) is 2.75. The van der Waals surface area contributed by atoms with Crippen molar-refractivity contribution in [3.8, 4) is 5.75 Å². The van der Waals surface area contributed by atoms with Crippen molar-refractivity contribution in [3.05, 3.63) is 29.8 Å². The maximum atomic E-state index is 12.1. The second-order valence-corrected chi connectivity index (χ2v) is 7.60. The number of carbonyl (C=O) groups excluding carboxylic acids is 2. The molecule has 0 aliphatic carbocycles. The van der Waals surface area contributed by atoms with Crippen LogP contribution in [0, 0.1) is 0 Å². The molecule has 1 aromatic rings. The summed E-state index contributed by atoms with van der Waals surface area (Å²) in [6.45, 7) is 9.22. The Kier molecular flexibility index (Phi) is 6.13. The first-order valence-electron chi connectivity index (χ1n) is 8.75. The van der Waals surface area contributed by atoms with Crippen molar-refractivity contribution < 1.29 is 24.2 Å². The SMILES string of the molecule is CC(=O)N[C@@H](C)c1ccc(O[C@@H]2CN(C(=O)OC(C)(C)C)C[C@H]2O)cc1. The second-order valence-electron chi connectivity index (χ2n) is 7.60. The number of hydrogen-bond acceptors (Lipinski definition) is 5. The number of hydrogen-bond donors (Lipinski definition) is 2. The minimum atomic E-state index is -0.777. The van der Waals surface area contributed by atoms with Crippen molar-refractivity contribution in [2.45, 2.75) is 58.5 Å². The molecule has 1 heterocycles. The lowest BCUT2D eigenvalue weighted by Crippen LogP contribution is -2.36. The van der Waals surface area contributed by atoms with E-state index in [0.717, 1.165) is 5.56 Å². The lowest BCUT2D eigenvalue weighted by Gasteiger charge is -2.24. The number of nitrogens with one attached hydrogen (secondary N) is 1. The van der Waals surface area contributed by atoms with Crippen molar-refractivity contribution in [2.24, 2.45) is 0 Å². The first-order chi connectivity index (χ1) is 12.0. The zero-order valence-electron chi connectivity index (χ0n) is 16.0. The Morgan fingerprint density at radius 2 is 1.85 bits per heavy atom. The first-order valence-corrected chi connectivity index (χ1v) is 8.75. The van der Waals surface area contributed by atoms with E-state index in [1.54, 1.807) is 32.9 Å². The van der Waals surface area contributed by atoms with E-state index >= 15 is 0 Å². The van der Waals surface area contributed by atoms with Crippen molar-refractivity contribution in [2.75, 3.05) is 13.1 Å². The van der Waals surface area contributed by atoms with Crippen LogP contribution >= 0.6 is 0 Å². The molecule has 2 amide bonds. The minimum Gasteiger partial charge on any atom is -0.486 e. The molecule has 3 atom stereocenters. The van der Waals surface area contributed by atoms with Gasteiger partial charge in [-0.1, -0.05) is 12.1 Å². The molecule has 0 bridgehead atoms. The number of carbonyl (C=O) groups is 2. The molecule has 1 saturated heterocycles. The number of nitrogens with zero attached hydrogens (tertiary/aromatic N) is 1. The molecule has 1 aliphatic rings. The molecule has 1 aliphatic heterocycles. The Morgan fingerprint density at radius 1 is 1.23 bits per heavy atom. The van der Waals surface area contributed by atoms with Crippen molar-refractivity contribution in [1.82, 2.24) is 10.2 Å². The van der Waals surface area contributed by atoms with E-state index < -0.39 is 23.9 Å². The van der Waals surface area contributed by atoms with Gasteiger partial charge in [-0.2, -0.15) is 0 Å². The van der Waals surface area contributed by atoms with Crippen molar-refractivity contribution >= 4 is 12.0 Å². The fraction of sp³-hybridized carbons (Fsp3) is 0.579. The zero-order valence-corrected chi connectivity index (χ0v) is 16.0. The molecule has 0 radical (unpaired) electrons. The summed E-state index contributed by atoms with van der Waals surface area (Å²) in [6, 6.07) is 7.21. The molecule has 0 aromatic heterocycles. The lowest BCUT2D eigenvalue weighted by molar-refractivity contribution is -0.119. The highest BCUT2D eigenvalue weighted by Gasteiger charge is 2.37. The maximum absolute atomic E-state index is 12.1. The number of aliphatic hydroxyl groups excluding tert-OH is 1. The monoisotopic (exact) mass is 364 g/mol. The predicted molar refractivity (Wildman–Crippen MR) is 96.9 cm³/mol. The van der Waals surface area contributed by atoms with E-state index in [1.807, 2.05) is 19.1 Å². The second kappa shape index (κ2) is 7.95. The molecular formula is C19H28N2O5. The van der Waals surface area contributed by atoms with E-state index in [0.29, 0.717) is 5.75 Å². The number of aliphatic hydroxyl groups is 1. The van der Waals surface area contributed by atoms with E-state index in [-0.39, 0.29) is 25.0 Å². The third kappa shape index (κ3) is 5.62. The molecule has 2 rings (SSSR count). The van der Waals surface area contributed by atoms with Gasteiger partial charge in [0, 0.05) is 6.92 Å². The Bertz CT molecular complexity index is 638. The zero-order chi connectivity index (χ0) is 19.5. The van der Waals surface area contributed by atoms with Crippen LogP contribution in [-0.2, 0) is 9.53 Å². The molecular weight excluding hydrogens is 336 g/mol. The summed E-state index contributed by atoms with van der Waals surface area (Å²) in [5.41, 5.74) is 0.372. The number of ether oxygens (including phenoxy) is 2. The van der Waals surface area contributed by atoms with Crippen molar-refractivity contribution in [3.63, 3.8) is 0 Å². The van der Waals surface area contributed by atoms with Gasteiger partial charge in [0.05, 0.1) is 19.1 Å². The van der Waals surface area contributed by atoms with Crippen molar-refractivity contribution in [1.29, 1.82) is 0 Å². The fourth-order valence-electron chi connectivity index (χ4n) is 2.75. The highest BCUT2D eigenvalue weighted by molar-refractivity contribution is 5.73. The number of benzene rings is 1. The Hall–Kier alpha value is -2.28. The van der Waals surface area contributed by atoms with E-state index in [4.69, 9.17) is 9.47 Å². The summed E-state index contributed by atoms with van der Waals surface area (Å²) in [5, 5.41) is 13.0. The molecule has 1 fully saturated rings. The summed E-state index contributed by atoms with van der Waals surface area (Å²) in [6.07, 6.45) is -1.75. The highest BCUT2D eigenvalue weighted by Crippen LogP contribution is 2.23. The Balaban J connectivity index is 1.94. The van der Waals surface area contributed by atoms with Gasteiger partial charge < -0.3 is 24.8 Å². The van der Waals surface area contributed by atoms with Crippen LogP contribution < -0.4 is 10.1 Å². The van der Waals surface area contributed by atoms with Gasteiger partial charge in [0.1, 0.15) is 23.6 Å². The Labute approximate surface area is 154 Å². The molecule has 2 N–H and O–H groups in total. The molecule has 7 heteroatoms. The van der Waals surface area contributed by atoms with Gasteiger partial charge in [-0.15, -0.1) is 0 Å². The van der Waals surface area contributed by atoms with E-state index in [1.165, 1.54) is 11.8 Å². The third-order valence-corrected chi connectivity index (χ3v) is 3.98. The Morgan fingerprint density at radius 3 is 2.38 bits per heavy atom. The van der Waals surface area contributed by atoms with Gasteiger partial charge >= 0.3 is 6.09 Å². The summed E-state index contributed by atoms with van der Waals surface area (Å²) < 4.78 is 11.2. The topological polar surface area (TPSA) is 88.1 Å². The maximum Gasteiger partial charge on any atom is 0.410 e. The number of amides is 2. The van der Waals surface area contributed by atoms with E-state index in [2.05, 4.69) is 5.32 Å². The molecule has 7 nitrogen and oxygen atoms in total. The number of likely N-dealkylation sites (tertiary alicyclic amines) is 1. The normalized spacial score (nSPS) is 21.2. The number of rotatable bonds is 4. The average molecular weight is 364 g/mol. The largest absolute Gasteiger partial charge is 0.486 e. The van der Waals surface area contributed by atoms with Crippen LogP contribution in [0.4, 0.5) is 4.79 Å². The number of β-amino-alcohol motifs (C(OH)–C–C–N with tert-alkyl or cyclic N) is 1. The quantitative estimate of drug-likeness (QED) is 0.855. The van der Waals surface area contributed by atoms with Crippen LogP contribution in [-0.4, -0.2) is 52.9 Å². The van der Waals surface area contributed by atoms with Crippen LogP contribution in [0.3, 0.4) is 0 Å². The van der Waals surface area contributed by atoms with Crippen LogP contribution in [0.15, 0.2) is 24.3 Å². The van der Waals surface area contributed by atoms with Gasteiger partial charge in [-0.05, 0) is 45.4 Å². The molecule has 1 aromatic carbocycles. The van der Waals surface area contributed by atoms with Gasteiger partial charge in [0.25, 0.3) is 0 Å².